The molecule has 9 nitrogen and oxygen atoms in total. The van der Waals surface area contributed by atoms with E-state index in [1.165, 1.54) is 12.1 Å². The molecule has 0 bridgehead atoms. The van der Waals surface area contributed by atoms with Crippen molar-refractivity contribution >= 4 is 17.4 Å². The number of ketones is 1. The largest absolute Gasteiger partial charge is 0.463 e. The maximum Gasteiger partial charge on any atom is 0.336 e. The molecule has 1 heterocycles. The van der Waals surface area contributed by atoms with Crippen molar-refractivity contribution in [2.75, 3.05) is 26.4 Å². The molecule has 0 aromatic heterocycles. The van der Waals surface area contributed by atoms with Gasteiger partial charge in [0, 0.05) is 42.3 Å². The fraction of sp³-hybridized carbons (Fsp3) is 0.478. The van der Waals surface area contributed by atoms with Gasteiger partial charge in [0.15, 0.2) is 5.78 Å². The van der Waals surface area contributed by atoms with Crippen LogP contribution in [0.4, 0.5) is 5.69 Å². The standard InChI is InChI=1S/C23H29N3O6/c1-4-32-22(28)21-17(13-31-9-8-24)25-16-11-23(2,3)12-18(27)20(16)19(21)14-6-5-7-15(10-14)26(29)30/h5-7,10,19,25H,4,8-9,11-13,24H2,1-3H3. The Morgan fingerprint density at radius 2 is 2.09 bits per heavy atom. The summed E-state index contributed by atoms with van der Waals surface area (Å²) in [5.74, 6) is -1.47. The normalized spacial score (nSPS) is 20.0. The van der Waals surface area contributed by atoms with Crippen molar-refractivity contribution in [3.8, 4) is 0 Å². The van der Waals surface area contributed by atoms with Crippen LogP contribution in [0.1, 0.15) is 45.1 Å². The molecule has 0 saturated heterocycles. The predicted molar refractivity (Wildman–Crippen MR) is 118 cm³/mol. The monoisotopic (exact) mass is 443 g/mol. The first-order chi connectivity index (χ1) is 15.2. The van der Waals surface area contributed by atoms with Gasteiger partial charge >= 0.3 is 5.97 Å². The summed E-state index contributed by atoms with van der Waals surface area (Å²) in [6.07, 6.45) is 0.907. The summed E-state index contributed by atoms with van der Waals surface area (Å²) in [7, 11) is 0. The van der Waals surface area contributed by atoms with Gasteiger partial charge in [-0.15, -0.1) is 0 Å². The summed E-state index contributed by atoms with van der Waals surface area (Å²) in [5, 5.41) is 14.7. The van der Waals surface area contributed by atoms with Gasteiger partial charge in [0.25, 0.3) is 5.69 Å². The lowest BCUT2D eigenvalue weighted by Crippen LogP contribution is -2.40. The van der Waals surface area contributed by atoms with E-state index < -0.39 is 16.8 Å². The second-order valence-electron chi connectivity index (χ2n) is 8.70. The second-order valence-corrected chi connectivity index (χ2v) is 8.70. The third kappa shape index (κ3) is 4.89. The number of dihydropyridines is 1. The van der Waals surface area contributed by atoms with Crippen molar-refractivity contribution in [3.05, 3.63) is 62.5 Å². The molecular weight excluding hydrogens is 414 g/mol. The summed E-state index contributed by atoms with van der Waals surface area (Å²) >= 11 is 0. The Balaban J connectivity index is 2.21. The molecular formula is C23H29N3O6. The van der Waals surface area contributed by atoms with Crippen LogP contribution >= 0.6 is 0 Å². The van der Waals surface area contributed by atoms with E-state index in [2.05, 4.69) is 5.32 Å². The Hall–Kier alpha value is -3.04. The number of Topliss-reactive ketones (excluding diaryl/α,β-unsaturated/α-hetero) is 1. The van der Waals surface area contributed by atoms with Crippen molar-refractivity contribution in [2.45, 2.75) is 39.5 Å². The minimum Gasteiger partial charge on any atom is -0.463 e. The fourth-order valence-corrected chi connectivity index (χ4v) is 4.32. The number of rotatable bonds is 8. The van der Waals surface area contributed by atoms with Gasteiger partial charge in [0.1, 0.15) is 0 Å². The second kappa shape index (κ2) is 9.62. The molecule has 2 aliphatic rings. The van der Waals surface area contributed by atoms with Crippen molar-refractivity contribution in [3.63, 3.8) is 0 Å². The van der Waals surface area contributed by atoms with E-state index in [1.54, 1.807) is 19.1 Å². The SMILES string of the molecule is CCOC(=O)C1=C(COCCN)NC2=C(C(=O)CC(C)(C)C2)C1c1cccc([N+](=O)[O-])c1. The van der Waals surface area contributed by atoms with E-state index in [4.69, 9.17) is 15.2 Å². The van der Waals surface area contributed by atoms with Crippen LogP contribution in [0.5, 0.6) is 0 Å². The van der Waals surface area contributed by atoms with Crippen LogP contribution in [0.25, 0.3) is 0 Å². The number of esters is 1. The third-order valence-corrected chi connectivity index (χ3v) is 5.54. The first kappa shape index (κ1) is 23.6. The molecule has 0 fully saturated rings. The first-order valence-corrected chi connectivity index (χ1v) is 10.6. The number of nitrogens with two attached hydrogens (primary N) is 1. The van der Waals surface area contributed by atoms with E-state index in [1.807, 2.05) is 13.8 Å². The van der Waals surface area contributed by atoms with Crippen LogP contribution in [0.15, 0.2) is 46.8 Å². The number of allylic oxidation sites excluding steroid dienone is 2. The lowest BCUT2D eigenvalue weighted by Gasteiger charge is -2.39. The van der Waals surface area contributed by atoms with E-state index in [0.717, 1.165) is 0 Å². The lowest BCUT2D eigenvalue weighted by molar-refractivity contribution is -0.384. The highest BCUT2D eigenvalue weighted by Crippen LogP contribution is 2.47. The zero-order valence-electron chi connectivity index (χ0n) is 18.6. The number of nitro groups is 1. The molecule has 1 aromatic carbocycles. The zero-order valence-corrected chi connectivity index (χ0v) is 18.6. The van der Waals surface area contributed by atoms with Gasteiger partial charge in [-0.25, -0.2) is 4.79 Å². The molecule has 1 aliphatic carbocycles. The molecule has 0 spiro atoms. The molecule has 1 aromatic rings. The lowest BCUT2D eigenvalue weighted by atomic mass is 9.68. The molecule has 3 N–H and O–H groups in total. The molecule has 0 amide bonds. The Morgan fingerprint density at radius 3 is 2.75 bits per heavy atom. The van der Waals surface area contributed by atoms with Crippen molar-refractivity contribution < 1.29 is 24.0 Å². The summed E-state index contributed by atoms with van der Waals surface area (Å²) in [4.78, 5) is 37.3. The molecule has 172 valence electrons. The van der Waals surface area contributed by atoms with Gasteiger partial charge in [0.05, 0.1) is 36.0 Å². The minimum absolute atomic E-state index is 0.0716. The number of carbonyl (C=O) groups is 2. The summed E-state index contributed by atoms with van der Waals surface area (Å²) in [6, 6.07) is 6.04. The van der Waals surface area contributed by atoms with Gasteiger partial charge < -0.3 is 20.5 Å². The quantitative estimate of drug-likeness (QED) is 0.271. The fourth-order valence-electron chi connectivity index (χ4n) is 4.32. The number of nitro benzene ring substituents is 1. The zero-order chi connectivity index (χ0) is 23.5. The molecule has 32 heavy (non-hydrogen) atoms. The number of benzene rings is 1. The van der Waals surface area contributed by atoms with Crippen LogP contribution in [-0.2, 0) is 19.1 Å². The highest BCUT2D eigenvalue weighted by Gasteiger charge is 2.44. The smallest absolute Gasteiger partial charge is 0.336 e. The van der Waals surface area contributed by atoms with Crippen LogP contribution in [0, 0.1) is 15.5 Å². The molecule has 1 aliphatic heterocycles. The maximum absolute atomic E-state index is 13.3. The highest BCUT2D eigenvalue weighted by atomic mass is 16.6. The van der Waals surface area contributed by atoms with Gasteiger partial charge in [-0.1, -0.05) is 26.0 Å². The van der Waals surface area contributed by atoms with Crippen LogP contribution in [0.2, 0.25) is 0 Å². The van der Waals surface area contributed by atoms with Crippen molar-refractivity contribution in [1.29, 1.82) is 0 Å². The number of nitrogens with zero attached hydrogens (tertiary/aromatic N) is 1. The number of non-ortho nitro benzene ring substituents is 1. The molecule has 9 heteroatoms. The molecule has 3 rings (SSSR count). The van der Waals surface area contributed by atoms with Crippen LogP contribution < -0.4 is 11.1 Å². The molecule has 1 atom stereocenters. The average Bonchev–Trinajstić information content (AvgIpc) is 2.72. The maximum atomic E-state index is 13.3. The van der Waals surface area contributed by atoms with Gasteiger partial charge in [0.2, 0.25) is 0 Å². The van der Waals surface area contributed by atoms with E-state index in [0.29, 0.717) is 48.5 Å². The summed E-state index contributed by atoms with van der Waals surface area (Å²) in [5.41, 5.74) is 7.53. The topological polar surface area (TPSA) is 134 Å². The number of nitrogens with one attached hydrogen (secondary N) is 1. The number of hydrogen-bond acceptors (Lipinski definition) is 8. The Morgan fingerprint density at radius 1 is 1.34 bits per heavy atom. The number of carbonyl (C=O) groups excluding carboxylic acids is 2. The Labute approximate surface area is 186 Å². The number of ether oxygens (including phenoxy) is 2. The van der Waals surface area contributed by atoms with Crippen LogP contribution in [0.3, 0.4) is 0 Å². The van der Waals surface area contributed by atoms with E-state index in [9.17, 15) is 19.7 Å². The molecule has 1 unspecified atom stereocenters. The Kier molecular flexibility index (Phi) is 7.10. The van der Waals surface area contributed by atoms with Gasteiger partial charge in [-0.3, -0.25) is 14.9 Å². The predicted octanol–water partition coefficient (Wildman–Crippen LogP) is 2.72. The minimum atomic E-state index is -0.787. The van der Waals surface area contributed by atoms with Crippen molar-refractivity contribution in [2.24, 2.45) is 11.1 Å². The molecule has 0 saturated carbocycles. The summed E-state index contributed by atoms with van der Waals surface area (Å²) in [6.45, 7) is 6.54. The third-order valence-electron chi connectivity index (χ3n) is 5.54. The average molecular weight is 444 g/mol. The van der Waals surface area contributed by atoms with E-state index >= 15 is 0 Å². The van der Waals surface area contributed by atoms with Gasteiger partial charge in [-0.05, 0) is 24.3 Å². The highest BCUT2D eigenvalue weighted by molar-refractivity contribution is 6.04. The van der Waals surface area contributed by atoms with Crippen molar-refractivity contribution in [1.82, 2.24) is 5.32 Å². The molecule has 0 radical (unpaired) electrons. The number of hydrogen-bond donors (Lipinski definition) is 2. The van der Waals surface area contributed by atoms with Gasteiger partial charge in [-0.2, -0.15) is 0 Å². The van der Waals surface area contributed by atoms with E-state index in [-0.39, 0.29) is 35.7 Å². The first-order valence-electron chi connectivity index (χ1n) is 10.6. The van der Waals surface area contributed by atoms with Crippen LogP contribution in [-0.4, -0.2) is 43.0 Å². The summed E-state index contributed by atoms with van der Waals surface area (Å²) < 4.78 is 10.9. The Bertz CT molecular complexity index is 995.